The SMILES string of the molecule is O=C(O)CC(=O)N[C@@H](CC(=O)O)C(=O)O. The lowest BCUT2D eigenvalue weighted by molar-refractivity contribution is -0.148. The minimum Gasteiger partial charge on any atom is -0.481 e. The van der Waals surface area contributed by atoms with Crippen LogP contribution in [0.1, 0.15) is 12.8 Å². The average molecular weight is 219 g/mol. The van der Waals surface area contributed by atoms with Gasteiger partial charge in [0.25, 0.3) is 0 Å². The highest BCUT2D eigenvalue weighted by molar-refractivity contribution is 5.95. The monoisotopic (exact) mass is 219 g/mol. The van der Waals surface area contributed by atoms with E-state index in [1.807, 2.05) is 0 Å². The van der Waals surface area contributed by atoms with Crippen LogP contribution >= 0.6 is 0 Å². The van der Waals surface area contributed by atoms with E-state index in [0.29, 0.717) is 0 Å². The highest BCUT2D eigenvalue weighted by Gasteiger charge is 2.23. The Morgan fingerprint density at radius 2 is 1.53 bits per heavy atom. The molecule has 0 spiro atoms. The number of hydrogen-bond donors (Lipinski definition) is 4. The highest BCUT2D eigenvalue weighted by Crippen LogP contribution is 1.94. The normalized spacial score (nSPS) is 11.5. The third-order valence-electron chi connectivity index (χ3n) is 1.32. The van der Waals surface area contributed by atoms with Gasteiger partial charge >= 0.3 is 17.9 Å². The van der Waals surface area contributed by atoms with E-state index in [2.05, 4.69) is 0 Å². The number of nitrogens with one attached hydrogen (secondary N) is 1. The quantitative estimate of drug-likeness (QED) is 0.398. The molecule has 0 radical (unpaired) electrons. The third kappa shape index (κ3) is 6.02. The van der Waals surface area contributed by atoms with E-state index in [1.54, 1.807) is 5.32 Å². The standard InChI is InChI=1S/C7H9NO7/c9-4(2-6(12)13)8-3(7(14)15)1-5(10)11/h3H,1-2H2,(H,8,9)(H,10,11)(H,12,13)(H,14,15)/t3-/m0/s1. The Labute approximate surface area is 83.5 Å². The van der Waals surface area contributed by atoms with Crippen LogP contribution in [0, 0.1) is 0 Å². The molecule has 0 aromatic rings. The Kier molecular flexibility index (Phi) is 4.79. The third-order valence-corrected chi connectivity index (χ3v) is 1.32. The first kappa shape index (κ1) is 12.9. The van der Waals surface area contributed by atoms with Gasteiger partial charge in [0, 0.05) is 0 Å². The van der Waals surface area contributed by atoms with Crippen molar-refractivity contribution in [2.75, 3.05) is 0 Å². The maximum absolute atomic E-state index is 10.8. The Morgan fingerprint density at radius 1 is 1.00 bits per heavy atom. The van der Waals surface area contributed by atoms with E-state index in [1.165, 1.54) is 0 Å². The molecule has 0 aromatic carbocycles. The first-order chi connectivity index (χ1) is 6.82. The van der Waals surface area contributed by atoms with Gasteiger partial charge in [0.15, 0.2) is 0 Å². The molecule has 0 saturated heterocycles. The van der Waals surface area contributed by atoms with E-state index in [0.717, 1.165) is 0 Å². The zero-order valence-electron chi connectivity index (χ0n) is 7.47. The fourth-order valence-electron chi connectivity index (χ4n) is 0.757. The molecule has 1 amide bonds. The Morgan fingerprint density at radius 3 is 1.87 bits per heavy atom. The van der Waals surface area contributed by atoms with Crippen LogP contribution in [0.4, 0.5) is 0 Å². The molecule has 0 aliphatic heterocycles. The van der Waals surface area contributed by atoms with Crippen molar-refractivity contribution >= 4 is 23.8 Å². The predicted octanol–water partition coefficient (Wildman–Crippen LogP) is -1.49. The van der Waals surface area contributed by atoms with Crippen LogP contribution in [0.5, 0.6) is 0 Å². The minimum atomic E-state index is -1.62. The van der Waals surface area contributed by atoms with Gasteiger partial charge in [-0.3, -0.25) is 14.4 Å². The number of aliphatic carboxylic acids is 3. The highest BCUT2D eigenvalue weighted by atomic mass is 16.4. The molecule has 0 rings (SSSR count). The summed E-state index contributed by atoms with van der Waals surface area (Å²) in [6.45, 7) is 0. The summed E-state index contributed by atoms with van der Waals surface area (Å²) in [5.41, 5.74) is 0. The maximum Gasteiger partial charge on any atom is 0.326 e. The zero-order valence-corrected chi connectivity index (χ0v) is 7.47. The molecule has 84 valence electrons. The molecule has 8 heteroatoms. The topological polar surface area (TPSA) is 141 Å². The van der Waals surface area contributed by atoms with Gasteiger partial charge in [0.1, 0.15) is 12.5 Å². The first-order valence-corrected chi connectivity index (χ1v) is 3.78. The molecular weight excluding hydrogens is 210 g/mol. The largest absolute Gasteiger partial charge is 0.481 e. The van der Waals surface area contributed by atoms with E-state index < -0.39 is 42.7 Å². The lowest BCUT2D eigenvalue weighted by atomic mass is 10.2. The lowest BCUT2D eigenvalue weighted by Crippen LogP contribution is -2.42. The van der Waals surface area contributed by atoms with Gasteiger partial charge in [0.05, 0.1) is 6.42 Å². The number of rotatable bonds is 6. The Bertz CT molecular complexity index is 298. The van der Waals surface area contributed by atoms with Crippen LogP contribution in [-0.4, -0.2) is 45.2 Å². The number of carboxylic acids is 3. The van der Waals surface area contributed by atoms with E-state index in [9.17, 15) is 19.2 Å². The van der Waals surface area contributed by atoms with Crippen LogP contribution in [-0.2, 0) is 19.2 Å². The molecule has 15 heavy (non-hydrogen) atoms. The lowest BCUT2D eigenvalue weighted by Gasteiger charge is -2.10. The summed E-state index contributed by atoms with van der Waals surface area (Å²) >= 11 is 0. The zero-order chi connectivity index (χ0) is 12.0. The fourth-order valence-corrected chi connectivity index (χ4v) is 0.757. The minimum absolute atomic E-state index is 0.805. The first-order valence-electron chi connectivity index (χ1n) is 3.78. The summed E-state index contributed by atoms with van der Waals surface area (Å²) in [5, 5.41) is 26.7. The summed E-state index contributed by atoms with van der Waals surface area (Å²) < 4.78 is 0. The molecule has 0 saturated carbocycles. The second-order valence-electron chi connectivity index (χ2n) is 2.63. The fraction of sp³-hybridized carbons (Fsp3) is 0.429. The Balaban J connectivity index is 4.28. The number of carbonyl (C=O) groups is 4. The summed E-state index contributed by atoms with van der Waals surface area (Å²) in [4.78, 5) is 41.5. The van der Waals surface area contributed by atoms with Gasteiger partial charge in [-0.25, -0.2) is 4.79 Å². The summed E-state index contributed by atoms with van der Waals surface area (Å²) in [6.07, 6.45) is -1.70. The number of hydrogen-bond acceptors (Lipinski definition) is 4. The van der Waals surface area contributed by atoms with Gasteiger partial charge in [-0.2, -0.15) is 0 Å². The summed E-state index contributed by atoms with van der Waals surface area (Å²) in [6, 6.07) is -1.62. The maximum atomic E-state index is 10.8. The second-order valence-corrected chi connectivity index (χ2v) is 2.63. The van der Waals surface area contributed by atoms with Crippen molar-refractivity contribution < 1.29 is 34.5 Å². The molecule has 0 aromatic heterocycles. The second kappa shape index (κ2) is 5.58. The smallest absolute Gasteiger partial charge is 0.326 e. The molecule has 0 aliphatic rings. The van der Waals surface area contributed by atoms with Crippen LogP contribution in [0.2, 0.25) is 0 Å². The van der Waals surface area contributed by atoms with E-state index in [4.69, 9.17) is 15.3 Å². The molecule has 0 unspecified atom stereocenters. The molecule has 0 bridgehead atoms. The van der Waals surface area contributed by atoms with Crippen LogP contribution in [0.25, 0.3) is 0 Å². The molecule has 0 heterocycles. The van der Waals surface area contributed by atoms with Gasteiger partial charge in [-0.05, 0) is 0 Å². The van der Waals surface area contributed by atoms with Crippen molar-refractivity contribution in [2.45, 2.75) is 18.9 Å². The molecule has 0 fully saturated rings. The van der Waals surface area contributed by atoms with Crippen molar-refractivity contribution in [3.63, 3.8) is 0 Å². The van der Waals surface area contributed by atoms with Crippen LogP contribution < -0.4 is 5.32 Å². The van der Waals surface area contributed by atoms with Gasteiger partial charge in [0.2, 0.25) is 5.91 Å². The summed E-state index contributed by atoms with van der Waals surface area (Å²) in [5.74, 6) is -5.41. The molecular formula is C7H9NO7. The molecule has 0 aliphatic carbocycles. The van der Waals surface area contributed by atoms with Crippen molar-refractivity contribution in [2.24, 2.45) is 0 Å². The van der Waals surface area contributed by atoms with Crippen molar-refractivity contribution in [1.29, 1.82) is 0 Å². The van der Waals surface area contributed by atoms with E-state index >= 15 is 0 Å². The summed E-state index contributed by atoms with van der Waals surface area (Å²) in [7, 11) is 0. The molecule has 8 nitrogen and oxygen atoms in total. The average Bonchev–Trinajstić information content (AvgIpc) is 1.99. The number of carbonyl (C=O) groups excluding carboxylic acids is 1. The van der Waals surface area contributed by atoms with Crippen LogP contribution in [0.3, 0.4) is 0 Å². The molecule has 1 atom stereocenters. The van der Waals surface area contributed by atoms with Gasteiger partial charge < -0.3 is 20.6 Å². The number of carboxylic acid groups (broad SMARTS) is 3. The number of amides is 1. The van der Waals surface area contributed by atoms with Crippen molar-refractivity contribution in [3.8, 4) is 0 Å². The molecule has 4 N–H and O–H groups in total. The van der Waals surface area contributed by atoms with Gasteiger partial charge in [-0.15, -0.1) is 0 Å². The van der Waals surface area contributed by atoms with E-state index in [-0.39, 0.29) is 0 Å². The van der Waals surface area contributed by atoms with Crippen molar-refractivity contribution in [1.82, 2.24) is 5.32 Å². The van der Waals surface area contributed by atoms with Crippen LogP contribution in [0.15, 0.2) is 0 Å². The predicted molar refractivity (Wildman–Crippen MR) is 44.1 cm³/mol. The Hall–Kier alpha value is -2.12. The van der Waals surface area contributed by atoms with Gasteiger partial charge in [-0.1, -0.05) is 0 Å². The van der Waals surface area contributed by atoms with Crippen molar-refractivity contribution in [3.05, 3.63) is 0 Å².